The zero-order valence-corrected chi connectivity index (χ0v) is 17.5. The highest BCUT2D eigenvalue weighted by molar-refractivity contribution is 5.97. The van der Waals surface area contributed by atoms with E-state index in [0.717, 1.165) is 17.3 Å². The third-order valence-electron chi connectivity index (χ3n) is 5.28. The summed E-state index contributed by atoms with van der Waals surface area (Å²) in [5.74, 6) is -1.92. The van der Waals surface area contributed by atoms with Crippen LogP contribution in [0.15, 0.2) is 83.8 Å². The average molecular weight is 440 g/mol. The number of H-pyrrole nitrogens is 1. The molecule has 164 valence electrons. The van der Waals surface area contributed by atoms with Crippen molar-refractivity contribution < 1.29 is 19.5 Å². The summed E-state index contributed by atoms with van der Waals surface area (Å²) in [6, 6.07) is 21.7. The molecule has 0 bridgehead atoms. The number of ketones is 1. The molecule has 3 N–H and O–H groups in total. The number of carbonyl (C=O) groups is 3. The van der Waals surface area contributed by atoms with Gasteiger partial charge in [0, 0.05) is 29.1 Å². The van der Waals surface area contributed by atoms with Crippen molar-refractivity contribution in [2.75, 3.05) is 6.54 Å². The number of hydrogen-bond donors (Lipinski definition) is 3. The topological polar surface area (TPSA) is 116 Å². The van der Waals surface area contributed by atoms with Gasteiger partial charge in [-0.15, -0.1) is 0 Å². The van der Waals surface area contributed by atoms with Gasteiger partial charge in [-0.2, -0.15) is 0 Å². The van der Waals surface area contributed by atoms with Crippen LogP contribution in [-0.4, -0.2) is 34.3 Å². The molecule has 0 saturated heterocycles. The van der Waals surface area contributed by atoms with Gasteiger partial charge in [0.25, 0.3) is 5.91 Å². The number of carboxylic acids is 1. The predicted molar refractivity (Wildman–Crippen MR) is 124 cm³/mol. The van der Waals surface area contributed by atoms with E-state index in [4.69, 9.17) is 5.11 Å². The Morgan fingerprint density at radius 3 is 2.27 bits per heavy atom. The highest BCUT2D eigenvalue weighted by atomic mass is 16.4. The van der Waals surface area contributed by atoms with Crippen molar-refractivity contribution in [1.82, 2.24) is 10.3 Å². The molecule has 1 heterocycles. The number of nitrogens with one attached hydrogen (secondary N) is 2. The number of pyridine rings is 1. The van der Waals surface area contributed by atoms with Crippen molar-refractivity contribution in [3.63, 3.8) is 0 Å². The van der Waals surface area contributed by atoms with Gasteiger partial charge in [-0.3, -0.25) is 14.4 Å². The Bertz CT molecular complexity index is 1410. The average Bonchev–Trinajstić information content (AvgIpc) is 2.83. The third-order valence-corrected chi connectivity index (χ3v) is 5.28. The highest BCUT2D eigenvalue weighted by Crippen LogP contribution is 2.19. The quantitative estimate of drug-likeness (QED) is 0.407. The number of benzene rings is 3. The second kappa shape index (κ2) is 9.32. The first-order valence-electron chi connectivity index (χ1n) is 10.3. The van der Waals surface area contributed by atoms with Crippen molar-refractivity contribution in [2.45, 2.75) is 6.42 Å². The summed E-state index contributed by atoms with van der Waals surface area (Å²) in [7, 11) is 0. The van der Waals surface area contributed by atoms with Gasteiger partial charge < -0.3 is 15.4 Å². The van der Waals surface area contributed by atoms with Crippen LogP contribution in [0.5, 0.6) is 0 Å². The SMILES string of the molecule is O=C(CNC(=O)c1ccc(-c2ccccc2)cc1)Cc1ccc2[nH]cc(C(=O)O)c(=O)c2c1. The van der Waals surface area contributed by atoms with Crippen molar-refractivity contribution in [3.05, 3.63) is 106 Å². The van der Waals surface area contributed by atoms with Crippen LogP contribution >= 0.6 is 0 Å². The van der Waals surface area contributed by atoms with Crippen LogP contribution in [0.25, 0.3) is 22.0 Å². The molecule has 0 saturated carbocycles. The van der Waals surface area contributed by atoms with Crippen LogP contribution in [0.4, 0.5) is 0 Å². The van der Waals surface area contributed by atoms with E-state index < -0.39 is 11.4 Å². The van der Waals surface area contributed by atoms with E-state index in [2.05, 4.69) is 10.3 Å². The van der Waals surface area contributed by atoms with Crippen molar-refractivity contribution in [2.24, 2.45) is 0 Å². The number of aromatic nitrogens is 1. The van der Waals surface area contributed by atoms with Crippen molar-refractivity contribution in [1.29, 1.82) is 0 Å². The lowest BCUT2D eigenvalue weighted by Crippen LogP contribution is -2.30. The number of fused-ring (bicyclic) bond motifs is 1. The van der Waals surface area contributed by atoms with Crippen LogP contribution in [0.1, 0.15) is 26.3 Å². The maximum Gasteiger partial charge on any atom is 0.341 e. The molecule has 0 atom stereocenters. The molecule has 0 fully saturated rings. The first-order chi connectivity index (χ1) is 15.9. The molecule has 4 rings (SSSR count). The Hall–Kier alpha value is -4.52. The number of hydrogen-bond acceptors (Lipinski definition) is 4. The molecule has 7 heteroatoms. The van der Waals surface area contributed by atoms with E-state index in [1.165, 1.54) is 6.07 Å². The first-order valence-corrected chi connectivity index (χ1v) is 10.3. The van der Waals surface area contributed by atoms with Gasteiger partial charge in [0.2, 0.25) is 5.43 Å². The molecule has 3 aromatic carbocycles. The van der Waals surface area contributed by atoms with Crippen LogP contribution < -0.4 is 10.7 Å². The Morgan fingerprint density at radius 2 is 1.58 bits per heavy atom. The number of rotatable bonds is 7. The monoisotopic (exact) mass is 440 g/mol. The molecular formula is C26H20N2O5. The summed E-state index contributed by atoms with van der Waals surface area (Å²) >= 11 is 0. The molecule has 1 amide bonds. The second-order valence-electron chi connectivity index (χ2n) is 7.56. The largest absolute Gasteiger partial charge is 0.477 e. The third kappa shape index (κ3) is 4.88. The first kappa shape index (κ1) is 21.7. The number of Topliss-reactive ketones (excluding diaryl/α,β-unsaturated/α-hetero) is 1. The normalized spacial score (nSPS) is 10.7. The van der Waals surface area contributed by atoms with E-state index in [-0.39, 0.29) is 35.6 Å². The fourth-order valence-electron chi connectivity index (χ4n) is 3.55. The maximum absolute atomic E-state index is 12.4. The molecule has 4 aromatic rings. The number of carbonyl (C=O) groups excluding carboxylic acids is 2. The van der Waals surface area contributed by atoms with E-state index in [0.29, 0.717) is 16.6 Å². The Kier molecular flexibility index (Phi) is 6.13. The minimum Gasteiger partial charge on any atom is -0.477 e. The molecular weight excluding hydrogens is 420 g/mol. The fourth-order valence-corrected chi connectivity index (χ4v) is 3.55. The lowest BCUT2D eigenvalue weighted by Gasteiger charge is -2.07. The van der Waals surface area contributed by atoms with Crippen LogP contribution in [0.2, 0.25) is 0 Å². The lowest BCUT2D eigenvalue weighted by molar-refractivity contribution is -0.117. The summed E-state index contributed by atoms with van der Waals surface area (Å²) in [5.41, 5.74) is 2.54. The maximum atomic E-state index is 12.4. The minimum atomic E-state index is -1.32. The van der Waals surface area contributed by atoms with Gasteiger partial charge in [-0.1, -0.05) is 48.5 Å². The summed E-state index contributed by atoms with van der Waals surface area (Å²) in [5, 5.41) is 11.9. The molecule has 1 aromatic heterocycles. The Balaban J connectivity index is 1.39. The molecule has 33 heavy (non-hydrogen) atoms. The molecule has 0 aliphatic carbocycles. The number of aromatic carboxylic acids is 1. The van der Waals surface area contributed by atoms with E-state index >= 15 is 0 Å². The van der Waals surface area contributed by atoms with Gasteiger partial charge >= 0.3 is 5.97 Å². The smallest absolute Gasteiger partial charge is 0.341 e. The molecule has 0 aliphatic heterocycles. The Morgan fingerprint density at radius 1 is 0.879 bits per heavy atom. The zero-order valence-electron chi connectivity index (χ0n) is 17.5. The van der Waals surface area contributed by atoms with Gasteiger partial charge in [0.1, 0.15) is 5.56 Å². The van der Waals surface area contributed by atoms with Crippen LogP contribution in [-0.2, 0) is 11.2 Å². The van der Waals surface area contributed by atoms with Gasteiger partial charge in [0.15, 0.2) is 5.78 Å². The van der Waals surface area contributed by atoms with Gasteiger partial charge in [-0.05, 0) is 41.0 Å². The van der Waals surface area contributed by atoms with E-state index in [1.54, 1.807) is 24.3 Å². The highest BCUT2D eigenvalue weighted by Gasteiger charge is 2.13. The van der Waals surface area contributed by atoms with Gasteiger partial charge in [-0.25, -0.2) is 4.79 Å². The number of aromatic amines is 1. The molecule has 0 radical (unpaired) electrons. The second-order valence-corrected chi connectivity index (χ2v) is 7.56. The minimum absolute atomic E-state index is 0.0000952. The van der Waals surface area contributed by atoms with Crippen LogP contribution in [0, 0.1) is 0 Å². The fraction of sp³-hybridized carbons (Fsp3) is 0.0769. The van der Waals surface area contributed by atoms with Crippen molar-refractivity contribution >= 4 is 28.6 Å². The van der Waals surface area contributed by atoms with Gasteiger partial charge in [0.05, 0.1) is 6.54 Å². The van der Waals surface area contributed by atoms with Crippen LogP contribution in [0.3, 0.4) is 0 Å². The predicted octanol–water partition coefficient (Wildman–Crippen LogP) is 3.43. The summed E-state index contributed by atoms with van der Waals surface area (Å²) < 4.78 is 0. The standard InChI is InChI=1S/C26H20N2O5/c29-20(12-16-6-11-23-21(13-16)24(30)22(15-27-23)26(32)33)14-28-25(31)19-9-7-18(8-10-19)17-4-2-1-3-5-17/h1-11,13,15H,12,14H2,(H,27,30)(H,28,31)(H,32,33). The number of amides is 1. The summed E-state index contributed by atoms with van der Waals surface area (Å²) in [6.45, 7) is -0.164. The molecule has 0 spiro atoms. The number of carboxylic acid groups (broad SMARTS) is 1. The molecule has 0 aliphatic rings. The summed E-state index contributed by atoms with van der Waals surface area (Å²) in [6.07, 6.45) is 1.15. The van der Waals surface area contributed by atoms with E-state index in [9.17, 15) is 19.2 Å². The molecule has 0 unspecified atom stereocenters. The van der Waals surface area contributed by atoms with E-state index in [1.807, 2.05) is 42.5 Å². The zero-order chi connectivity index (χ0) is 23.4. The van der Waals surface area contributed by atoms with Crippen molar-refractivity contribution in [3.8, 4) is 11.1 Å². The Labute approximate surface area is 188 Å². The lowest BCUT2D eigenvalue weighted by atomic mass is 10.0. The molecule has 7 nitrogen and oxygen atoms in total. The summed E-state index contributed by atoms with van der Waals surface area (Å²) in [4.78, 5) is 51.1.